The normalized spacial score (nSPS) is 23.4. The van der Waals surface area contributed by atoms with Crippen molar-refractivity contribution < 1.29 is 28.6 Å². The molecule has 0 spiro atoms. The molecule has 0 saturated carbocycles. The molecule has 6 rings (SSSR count). The topological polar surface area (TPSA) is 119 Å². The number of urea groups is 1. The van der Waals surface area contributed by atoms with Crippen LogP contribution in [0.25, 0.3) is 0 Å². The number of amides is 4. The molecule has 224 valence electrons. The van der Waals surface area contributed by atoms with Crippen molar-refractivity contribution in [3.05, 3.63) is 82.3 Å². The molecule has 4 heterocycles. The molecule has 3 aliphatic rings. The van der Waals surface area contributed by atoms with Gasteiger partial charge in [-0.1, -0.05) is 18.2 Å². The van der Waals surface area contributed by atoms with Gasteiger partial charge in [-0.2, -0.15) is 0 Å². The number of hydrogen-bond acceptors (Lipinski definition) is 8. The Morgan fingerprint density at radius 2 is 1.63 bits per heavy atom. The highest BCUT2D eigenvalue weighted by Crippen LogP contribution is 2.41. The molecule has 3 atom stereocenters. The molecule has 11 nitrogen and oxygen atoms in total. The Kier molecular flexibility index (Phi) is 7.43. The number of methoxy groups -OCH3 is 3. The van der Waals surface area contributed by atoms with Gasteiger partial charge in [-0.3, -0.25) is 19.7 Å². The number of pyridine rings is 1. The molecule has 2 bridgehead atoms. The number of carbonyl (C=O) groups is 3. The molecule has 2 unspecified atom stereocenters. The molecule has 1 N–H and O–H groups in total. The molecule has 3 aliphatic heterocycles. The summed E-state index contributed by atoms with van der Waals surface area (Å²) in [5, 5.41) is 2.48. The summed E-state index contributed by atoms with van der Waals surface area (Å²) in [4.78, 5) is 57.6. The SMILES string of the molecule is COc1cccc(N2C(=O)NC(=O)C(Cc3ccc(OC)cc3OC)(CN3CC4C[C@@H](C3)Cn3c4cccc3=O)C2=O)c1. The van der Waals surface area contributed by atoms with Crippen molar-refractivity contribution in [3.63, 3.8) is 0 Å². The number of likely N-dealkylation sites (tertiary alicyclic amines) is 1. The van der Waals surface area contributed by atoms with E-state index in [1.54, 1.807) is 61.7 Å². The monoisotopic (exact) mass is 586 g/mol. The molecule has 11 heteroatoms. The van der Waals surface area contributed by atoms with E-state index >= 15 is 0 Å². The zero-order valence-electron chi connectivity index (χ0n) is 24.4. The molecule has 1 aromatic heterocycles. The number of imide groups is 2. The van der Waals surface area contributed by atoms with Gasteiger partial charge < -0.3 is 23.7 Å². The lowest BCUT2D eigenvalue weighted by molar-refractivity contribution is -0.144. The van der Waals surface area contributed by atoms with Crippen LogP contribution in [0.2, 0.25) is 0 Å². The van der Waals surface area contributed by atoms with Crippen molar-refractivity contribution in [2.24, 2.45) is 11.3 Å². The Morgan fingerprint density at radius 3 is 2.40 bits per heavy atom. The highest BCUT2D eigenvalue weighted by molar-refractivity contribution is 6.30. The second-order valence-corrected chi connectivity index (χ2v) is 11.4. The van der Waals surface area contributed by atoms with Gasteiger partial charge >= 0.3 is 6.03 Å². The van der Waals surface area contributed by atoms with Gasteiger partial charge in [-0.05, 0) is 42.2 Å². The lowest BCUT2D eigenvalue weighted by Gasteiger charge is -2.47. The summed E-state index contributed by atoms with van der Waals surface area (Å²) in [6.45, 7) is 1.82. The van der Waals surface area contributed by atoms with Crippen LogP contribution in [-0.4, -0.2) is 68.3 Å². The number of nitrogens with one attached hydrogen (secondary N) is 1. The van der Waals surface area contributed by atoms with Crippen LogP contribution in [0.3, 0.4) is 0 Å². The maximum Gasteiger partial charge on any atom is 0.335 e. The van der Waals surface area contributed by atoms with Crippen LogP contribution >= 0.6 is 0 Å². The van der Waals surface area contributed by atoms with Gasteiger partial charge in [-0.25, -0.2) is 9.69 Å². The number of hydrogen-bond donors (Lipinski definition) is 1. The first-order valence-corrected chi connectivity index (χ1v) is 14.2. The molecule has 4 amide bonds. The molecule has 0 aliphatic carbocycles. The molecule has 0 radical (unpaired) electrons. The van der Waals surface area contributed by atoms with E-state index < -0.39 is 23.3 Å². The van der Waals surface area contributed by atoms with Crippen LogP contribution in [0.15, 0.2) is 65.5 Å². The highest BCUT2D eigenvalue weighted by Gasteiger charge is 2.56. The Hall–Kier alpha value is -4.64. The summed E-state index contributed by atoms with van der Waals surface area (Å²) >= 11 is 0. The summed E-state index contributed by atoms with van der Waals surface area (Å²) in [6, 6.07) is 16.4. The van der Waals surface area contributed by atoms with Crippen LogP contribution in [0.4, 0.5) is 10.5 Å². The first-order valence-electron chi connectivity index (χ1n) is 14.2. The van der Waals surface area contributed by atoms with Gasteiger partial charge in [0, 0.05) is 62.4 Å². The van der Waals surface area contributed by atoms with Crippen molar-refractivity contribution >= 4 is 23.5 Å². The first-order chi connectivity index (χ1) is 20.8. The summed E-state index contributed by atoms with van der Waals surface area (Å²) in [6.07, 6.45) is 0.911. The number of piperidine rings is 1. The average Bonchev–Trinajstić information content (AvgIpc) is 3.01. The Labute approximate surface area is 248 Å². The minimum absolute atomic E-state index is 0.0134. The number of benzene rings is 2. The van der Waals surface area contributed by atoms with Gasteiger partial charge in [-0.15, -0.1) is 0 Å². The van der Waals surface area contributed by atoms with Gasteiger partial charge in [0.2, 0.25) is 5.91 Å². The zero-order chi connectivity index (χ0) is 30.3. The van der Waals surface area contributed by atoms with E-state index in [0.29, 0.717) is 48.1 Å². The largest absolute Gasteiger partial charge is 0.497 e. The third-order valence-electron chi connectivity index (χ3n) is 8.82. The standard InChI is InChI=1S/C32H34N4O7/c1-41-24-7-4-6-23(13-24)36-30(39)32(29(38)33-31(36)40,15-21-10-11-25(42-2)14-27(21)43-3)19-34-16-20-12-22(18-34)26-8-5-9-28(37)35(26)17-20/h4-11,13-14,20,22H,12,15-19H2,1-3H3,(H,33,38,40)/t20-,22?,32?/m0/s1. The second kappa shape index (κ2) is 11.2. The number of ether oxygens (including phenoxy) is 3. The van der Waals surface area contributed by atoms with E-state index in [9.17, 15) is 19.2 Å². The average molecular weight is 587 g/mol. The van der Waals surface area contributed by atoms with Crippen LogP contribution in [-0.2, 0) is 22.6 Å². The number of nitrogens with zero attached hydrogens (tertiary/aromatic N) is 3. The summed E-state index contributed by atoms with van der Waals surface area (Å²) in [5.74, 6) is 0.471. The number of barbiturate groups is 1. The third kappa shape index (κ3) is 5.03. The van der Waals surface area contributed by atoms with Crippen molar-refractivity contribution in [1.29, 1.82) is 0 Å². The summed E-state index contributed by atoms with van der Waals surface area (Å²) < 4.78 is 18.2. The fraction of sp³-hybridized carbons (Fsp3) is 0.375. The number of anilines is 1. The minimum Gasteiger partial charge on any atom is -0.497 e. The van der Waals surface area contributed by atoms with Crippen LogP contribution in [0.1, 0.15) is 23.6 Å². The second-order valence-electron chi connectivity index (χ2n) is 11.4. The summed E-state index contributed by atoms with van der Waals surface area (Å²) in [7, 11) is 4.57. The Bertz CT molecular complexity index is 1650. The molecule has 2 saturated heterocycles. The van der Waals surface area contributed by atoms with Crippen LogP contribution in [0, 0.1) is 11.3 Å². The maximum absolute atomic E-state index is 14.6. The predicted molar refractivity (Wildman–Crippen MR) is 158 cm³/mol. The minimum atomic E-state index is -1.67. The molecular weight excluding hydrogens is 552 g/mol. The fourth-order valence-corrected chi connectivity index (χ4v) is 6.84. The zero-order valence-corrected chi connectivity index (χ0v) is 24.4. The van der Waals surface area contributed by atoms with Gasteiger partial charge in [0.15, 0.2) is 0 Å². The van der Waals surface area contributed by atoms with Crippen molar-refractivity contribution in [2.45, 2.75) is 25.3 Å². The highest BCUT2D eigenvalue weighted by atomic mass is 16.5. The molecule has 2 aromatic carbocycles. The van der Waals surface area contributed by atoms with Gasteiger partial charge in [0.1, 0.15) is 22.7 Å². The van der Waals surface area contributed by atoms with E-state index in [0.717, 1.165) is 17.0 Å². The first kappa shape index (κ1) is 28.5. The lowest BCUT2D eigenvalue weighted by atomic mass is 9.75. The van der Waals surface area contributed by atoms with E-state index in [2.05, 4.69) is 10.2 Å². The van der Waals surface area contributed by atoms with E-state index in [1.165, 1.54) is 14.2 Å². The molecule has 3 aromatic rings. The fourth-order valence-electron chi connectivity index (χ4n) is 6.84. The van der Waals surface area contributed by atoms with Crippen molar-refractivity contribution in [2.75, 3.05) is 45.9 Å². The van der Waals surface area contributed by atoms with Crippen LogP contribution in [0.5, 0.6) is 17.2 Å². The van der Waals surface area contributed by atoms with Gasteiger partial charge in [0.05, 0.1) is 27.0 Å². The lowest BCUT2D eigenvalue weighted by Crippen LogP contribution is -2.68. The van der Waals surface area contributed by atoms with Gasteiger partial charge in [0.25, 0.3) is 11.5 Å². The third-order valence-corrected chi connectivity index (χ3v) is 8.82. The number of aromatic nitrogens is 1. The van der Waals surface area contributed by atoms with Crippen molar-refractivity contribution in [1.82, 2.24) is 14.8 Å². The molecule has 2 fully saturated rings. The predicted octanol–water partition coefficient (Wildman–Crippen LogP) is 2.81. The maximum atomic E-state index is 14.6. The van der Waals surface area contributed by atoms with Crippen molar-refractivity contribution in [3.8, 4) is 17.2 Å². The Balaban J connectivity index is 1.41. The quantitative estimate of drug-likeness (QED) is 0.401. The smallest absolute Gasteiger partial charge is 0.335 e. The number of carbonyl (C=O) groups excluding carboxylic acids is 3. The van der Waals surface area contributed by atoms with E-state index in [1.807, 2.05) is 10.6 Å². The van der Waals surface area contributed by atoms with E-state index in [4.69, 9.17) is 14.2 Å². The molecule has 43 heavy (non-hydrogen) atoms. The number of fused-ring (bicyclic) bond motifs is 4. The van der Waals surface area contributed by atoms with E-state index in [-0.39, 0.29) is 30.4 Å². The van der Waals surface area contributed by atoms with Crippen LogP contribution < -0.4 is 30.0 Å². The summed E-state index contributed by atoms with van der Waals surface area (Å²) in [5.41, 5.74) is 0.205. The molecular formula is C32H34N4O7. The Morgan fingerprint density at radius 1 is 0.860 bits per heavy atom. The number of rotatable bonds is 8.